The lowest BCUT2D eigenvalue weighted by Crippen LogP contribution is -2.28. The first kappa shape index (κ1) is 36.4. The molecule has 222 valence electrons. The number of unbranched alkanes of at least 4 members (excludes halogenated alkanes) is 7. The predicted octanol–water partition coefficient (Wildman–Crippen LogP) is 8.39. The summed E-state index contributed by atoms with van der Waals surface area (Å²) in [5.41, 5.74) is 0. The van der Waals surface area contributed by atoms with Gasteiger partial charge < -0.3 is 15.2 Å². The number of amides is 1. The van der Waals surface area contributed by atoms with Gasteiger partial charge in [0.2, 0.25) is 5.91 Å². The number of carboxylic acids is 1. The summed E-state index contributed by atoms with van der Waals surface area (Å²) < 4.78 is 5.77. The summed E-state index contributed by atoms with van der Waals surface area (Å²) in [6, 6.07) is 0. The number of nitrogens with one attached hydrogen (secondary N) is 1. The van der Waals surface area contributed by atoms with E-state index in [0.29, 0.717) is 19.3 Å². The maximum atomic E-state index is 12.3. The number of carbonyl (C=O) groups excluding carboxylic acids is 2. The average molecular weight is 546 g/mol. The first-order valence-electron chi connectivity index (χ1n) is 15.3. The summed E-state index contributed by atoms with van der Waals surface area (Å²) in [6.07, 6.45) is 34.1. The first-order chi connectivity index (χ1) is 19.0. The van der Waals surface area contributed by atoms with Gasteiger partial charge >= 0.3 is 11.9 Å². The molecule has 0 radical (unpaired) electrons. The van der Waals surface area contributed by atoms with Crippen molar-refractivity contribution in [2.75, 3.05) is 6.54 Å². The van der Waals surface area contributed by atoms with Crippen LogP contribution in [0.4, 0.5) is 0 Å². The minimum absolute atomic E-state index is 0.0450. The largest absolute Gasteiger partial charge is 0.480 e. The number of ether oxygens (including phenoxy) is 1. The average Bonchev–Trinajstić information content (AvgIpc) is 2.91. The van der Waals surface area contributed by atoms with E-state index >= 15 is 0 Å². The Hall–Kier alpha value is -2.63. The molecule has 0 rings (SSSR count). The van der Waals surface area contributed by atoms with Crippen LogP contribution in [0.15, 0.2) is 48.6 Å². The van der Waals surface area contributed by atoms with Crippen molar-refractivity contribution in [2.45, 2.75) is 136 Å². The van der Waals surface area contributed by atoms with E-state index in [1.807, 2.05) is 0 Å². The van der Waals surface area contributed by atoms with Gasteiger partial charge in [-0.05, 0) is 70.6 Å². The molecule has 39 heavy (non-hydrogen) atoms. The molecule has 6 nitrogen and oxygen atoms in total. The van der Waals surface area contributed by atoms with Crippen LogP contribution in [0.5, 0.6) is 0 Å². The van der Waals surface area contributed by atoms with Crippen molar-refractivity contribution in [2.24, 2.45) is 0 Å². The maximum absolute atomic E-state index is 12.3. The Balaban J connectivity index is 3.85. The number of aliphatic carboxylic acids is 1. The highest BCUT2D eigenvalue weighted by Gasteiger charge is 2.14. The fourth-order valence-corrected chi connectivity index (χ4v) is 4.02. The van der Waals surface area contributed by atoms with Crippen molar-refractivity contribution < 1.29 is 24.2 Å². The summed E-state index contributed by atoms with van der Waals surface area (Å²) in [5.74, 6) is -1.36. The lowest BCUT2D eigenvalue weighted by atomic mass is 10.0. The van der Waals surface area contributed by atoms with Crippen LogP contribution in [0.1, 0.15) is 129 Å². The summed E-state index contributed by atoms with van der Waals surface area (Å²) in [7, 11) is 0. The van der Waals surface area contributed by atoms with E-state index < -0.39 is 5.97 Å². The smallest absolute Gasteiger partial charge is 0.322 e. The molecule has 0 bridgehead atoms. The number of carboxylic acid groups (broad SMARTS) is 1. The van der Waals surface area contributed by atoms with Crippen LogP contribution in [0.25, 0.3) is 0 Å². The van der Waals surface area contributed by atoms with Crippen molar-refractivity contribution in [3.05, 3.63) is 48.6 Å². The Morgan fingerprint density at radius 2 is 1.26 bits per heavy atom. The monoisotopic (exact) mass is 545 g/mol. The molecule has 0 saturated heterocycles. The standard InChI is InChI=1S/C33H55NO5/c1-3-5-7-8-9-10-11-12-13-14-15-16-17-18-19-20-24-28-33(38)39-30(25-6-4-2)26-22-21-23-27-31(35)34-29-32(36)37/h5,7,9-10,12-13,15-16,30H,3-4,6,8,11,14,17-29H2,1-2H3,(H,34,35)(H,36,37)/b7-5-,10-9-,13-12-,16-15-. The van der Waals surface area contributed by atoms with Gasteiger partial charge in [0.25, 0.3) is 0 Å². The fourth-order valence-electron chi connectivity index (χ4n) is 4.02. The molecule has 0 aliphatic rings. The lowest BCUT2D eigenvalue weighted by molar-refractivity contribution is -0.150. The van der Waals surface area contributed by atoms with E-state index in [1.54, 1.807) is 0 Å². The molecule has 1 atom stereocenters. The molecule has 0 aliphatic heterocycles. The maximum Gasteiger partial charge on any atom is 0.322 e. The van der Waals surface area contributed by atoms with Gasteiger partial charge in [-0.25, -0.2) is 0 Å². The van der Waals surface area contributed by atoms with Gasteiger partial charge in [0.05, 0.1) is 0 Å². The van der Waals surface area contributed by atoms with E-state index in [2.05, 4.69) is 67.8 Å². The Morgan fingerprint density at radius 1 is 0.692 bits per heavy atom. The van der Waals surface area contributed by atoms with Gasteiger partial charge in [0.1, 0.15) is 12.6 Å². The molecule has 0 fully saturated rings. The summed E-state index contributed by atoms with van der Waals surface area (Å²) in [4.78, 5) is 34.4. The summed E-state index contributed by atoms with van der Waals surface area (Å²) >= 11 is 0. The molecule has 0 aromatic rings. The SMILES string of the molecule is CC/C=C\C/C=C\C/C=C\C/C=C\CCCCCCC(=O)OC(CCCC)CCCCCC(=O)NCC(=O)O. The highest BCUT2D eigenvalue weighted by Crippen LogP contribution is 2.16. The Labute approximate surface area is 238 Å². The highest BCUT2D eigenvalue weighted by atomic mass is 16.5. The molecule has 0 aliphatic carbocycles. The molecule has 1 unspecified atom stereocenters. The van der Waals surface area contributed by atoms with Gasteiger partial charge in [-0.15, -0.1) is 0 Å². The second-order valence-electron chi connectivity index (χ2n) is 9.98. The van der Waals surface area contributed by atoms with Crippen LogP contribution < -0.4 is 5.32 Å². The molecule has 2 N–H and O–H groups in total. The highest BCUT2D eigenvalue weighted by molar-refractivity contribution is 5.80. The Bertz CT molecular complexity index is 738. The van der Waals surface area contributed by atoms with Crippen molar-refractivity contribution in [3.63, 3.8) is 0 Å². The van der Waals surface area contributed by atoms with E-state index in [-0.39, 0.29) is 24.5 Å². The van der Waals surface area contributed by atoms with Crippen LogP contribution in [0.2, 0.25) is 0 Å². The lowest BCUT2D eigenvalue weighted by Gasteiger charge is -2.18. The van der Waals surface area contributed by atoms with Crippen LogP contribution in [-0.4, -0.2) is 35.6 Å². The Kier molecular flexibility index (Phi) is 26.5. The fraction of sp³-hybridized carbons (Fsp3) is 0.667. The molecule has 0 saturated carbocycles. The number of hydrogen-bond acceptors (Lipinski definition) is 4. The van der Waals surface area contributed by atoms with E-state index in [1.165, 1.54) is 0 Å². The van der Waals surface area contributed by atoms with Gasteiger partial charge in [0.15, 0.2) is 0 Å². The molecular weight excluding hydrogens is 490 g/mol. The predicted molar refractivity (Wildman–Crippen MR) is 162 cm³/mol. The molecule has 1 amide bonds. The summed E-state index contributed by atoms with van der Waals surface area (Å²) in [5, 5.41) is 11.0. The third-order valence-corrected chi connectivity index (χ3v) is 6.27. The third kappa shape index (κ3) is 28.2. The quantitative estimate of drug-likeness (QED) is 0.0647. The van der Waals surface area contributed by atoms with Crippen molar-refractivity contribution in [3.8, 4) is 0 Å². The minimum Gasteiger partial charge on any atom is -0.480 e. The van der Waals surface area contributed by atoms with Crippen LogP contribution in [0, 0.1) is 0 Å². The number of rotatable bonds is 26. The second-order valence-corrected chi connectivity index (χ2v) is 9.98. The Morgan fingerprint density at radius 3 is 1.90 bits per heavy atom. The molecule has 0 spiro atoms. The summed E-state index contributed by atoms with van der Waals surface area (Å²) in [6.45, 7) is 3.95. The van der Waals surface area contributed by atoms with Crippen molar-refractivity contribution >= 4 is 17.8 Å². The van der Waals surface area contributed by atoms with Gasteiger partial charge in [-0.1, -0.05) is 94.6 Å². The van der Waals surface area contributed by atoms with Gasteiger partial charge in [-0.3, -0.25) is 14.4 Å². The minimum atomic E-state index is -1.04. The van der Waals surface area contributed by atoms with Crippen molar-refractivity contribution in [1.29, 1.82) is 0 Å². The molecule has 0 heterocycles. The number of allylic oxidation sites excluding steroid dienone is 8. The normalized spacial score (nSPS) is 12.7. The topological polar surface area (TPSA) is 92.7 Å². The van der Waals surface area contributed by atoms with E-state index in [0.717, 1.165) is 96.3 Å². The number of carbonyl (C=O) groups is 3. The molecule has 0 aromatic heterocycles. The number of esters is 1. The van der Waals surface area contributed by atoms with Gasteiger partial charge in [0, 0.05) is 12.8 Å². The number of hydrogen-bond donors (Lipinski definition) is 2. The zero-order valence-electron chi connectivity index (χ0n) is 24.7. The van der Waals surface area contributed by atoms with Crippen molar-refractivity contribution in [1.82, 2.24) is 5.32 Å². The van der Waals surface area contributed by atoms with Crippen LogP contribution in [0.3, 0.4) is 0 Å². The first-order valence-corrected chi connectivity index (χ1v) is 15.3. The molecule has 6 heteroatoms. The van der Waals surface area contributed by atoms with Gasteiger partial charge in [-0.2, -0.15) is 0 Å². The third-order valence-electron chi connectivity index (χ3n) is 6.27. The van der Waals surface area contributed by atoms with E-state index in [4.69, 9.17) is 9.84 Å². The van der Waals surface area contributed by atoms with E-state index in [9.17, 15) is 14.4 Å². The molecule has 0 aromatic carbocycles. The molecular formula is C33H55NO5. The van der Waals surface area contributed by atoms with Crippen LogP contribution in [-0.2, 0) is 19.1 Å². The van der Waals surface area contributed by atoms with Crippen LogP contribution >= 0.6 is 0 Å². The zero-order valence-corrected chi connectivity index (χ0v) is 24.7. The second kappa shape index (κ2) is 28.4. The zero-order chi connectivity index (χ0) is 28.8.